The second-order valence-corrected chi connectivity index (χ2v) is 12.1. The van der Waals surface area contributed by atoms with Gasteiger partial charge in [-0.2, -0.15) is 0 Å². The first-order valence-electron chi connectivity index (χ1n) is 11.7. The van der Waals surface area contributed by atoms with E-state index >= 15 is 0 Å². The molecule has 35 heavy (non-hydrogen) atoms. The first kappa shape index (κ1) is 28.9. The van der Waals surface area contributed by atoms with Gasteiger partial charge in [0, 0.05) is 5.41 Å². The molecule has 0 saturated heterocycles. The number of carbonyl (C=O) groups excluding carboxylic acids is 1. The molecule has 2 aromatic carbocycles. The molecule has 2 atom stereocenters. The lowest BCUT2D eigenvalue weighted by molar-refractivity contribution is -0.125. The number of benzene rings is 2. The molecular weight excluding hydrogens is 462 g/mol. The Labute approximate surface area is 211 Å². The minimum Gasteiger partial charge on any atom is -0.726 e. The molecule has 192 valence electrons. The molecule has 0 spiro atoms. The SMILES string of the molecule is CC12CCC(C(=Cc3ccccc3)C1=O)C2(C)C.COS(=O)(=O)[O-].Cc1ccc([N+](C)(C)C)cc1. The Bertz CT molecular complexity index is 1150. The van der Waals surface area contributed by atoms with Crippen LogP contribution in [-0.2, 0) is 19.4 Å². The molecule has 0 N–H and O–H groups in total. The van der Waals surface area contributed by atoms with Crippen LogP contribution in [0.4, 0.5) is 5.69 Å². The zero-order valence-corrected chi connectivity index (χ0v) is 23.0. The van der Waals surface area contributed by atoms with Gasteiger partial charge >= 0.3 is 0 Å². The Kier molecular flexibility index (Phi) is 8.88. The average molecular weight is 502 g/mol. The lowest BCUT2D eigenvalue weighted by atomic mass is 9.70. The topological polar surface area (TPSA) is 83.5 Å². The first-order valence-corrected chi connectivity index (χ1v) is 13.1. The molecular formula is C28H39NO5S. The summed E-state index contributed by atoms with van der Waals surface area (Å²) < 4.78 is 31.9. The molecule has 6 nitrogen and oxygen atoms in total. The number of hydrogen-bond donors (Lipinski definition) is 0. The van der Waals surface area contributed by atoms with Crippen LogP contribution in [0.1, 0.15) is 44.7 Å². The molecule has 2 unspecified atom stereocenters. The van der Waals surface area contributed by atoms with E-state index in [9.17, 15) is 17.8 Å². The summed E-state index contributed by atoms with van der Waals surface area (Å²) in [6.07, 6.45) is 4.32. The second-order valence-electron chi connectivity index (χ2n) is 10.9. The largest absolute Gasteiger partial charge is 0.726 e. The number of hydrogen-bond acceptors (Lipinski definition) is 5. The second kappa shape index (κ2) is 10.7. The van der Waals surface area contributed by atoms with E-state index in [0.29, 0.717) is 11.7 Å². The molecule has 0 radical (unpaired) electrons. The number of aryl methyl sites for hydroxylation is 1. The van der Waals surface area contributed by atoms with Gasteiger partial charge < -0.3 is 4.55 Å². The molecule has 0 aromatic heterocycles. The van der Waals surface area contributed by atoms with Gasteiger partial charge in [0.05, 0.1) is 28.3 Å². The number of ketones is 1. The number of quaternary nitrogens is 1. The lowest BCUT2D eigenvalue weighted by Gasteiger charge is -2.31. The molecule has 7 heteroatoms. The van der Waals surface area contributed by atoms with Crippen molar-refractivity contribution in [1.82, 2.24) is 4.48 Å². The van der Waals surface area contributed by atoms with Crippen molar-refractivity contribution in [3.63, 3.8) is 0 Å². The number of nitrogens with zero attached hydrogens (tertiary/aromatic N) is 1. The molecule has 2 saturated carbocycles. The minimum atomic E-state index is -4.41. The Morgan fingerprint density at radius 1 is 1.00 bits per heavy atom. The van der Waals surface area contributed by atoms with Crippen molar-refractivity contribution in [2.75, 3.05) is 28.3 Å². The van der Waals surface area contributed by atoms with Crippen LogP contribution in [0.3, 0.4) is 0 Å². The molecule has 2 aromatic rings. The summed E-state index contributed by atoms with van der Waals surface area (Å²) in [7, 11) is 2.91. The highest BCUT2D eigenvalue weighted by Gasteiger charge is 2.63. The van der Waals surface area contributed by atoms with Gasteiger partial charge in [-0.1, -0.05) is 68.8 Å². The summed E-state index contributed by atoms with van der Waals surface area (Å²) in [5, 5.41) is 0. The van der Waals surface area contributed by atoms with Gasteiger partial charge in [-0.15, -0.1) is 0 Å². The van der Waals surface area contributed by atoms with Gasteiger partial charge in [0.15, 0.2) is 5.78 Å². The van der Waals surface area contributed by atoms with Gasteiger partial charge in [-0.25, -0.2) is 8.42 Å². The molecule has 0 heterocycles. The highest BCUT2D eigenvalue weighted by atomic mass is 32.3. The van der Waals surface area contributed by atoms with Crippen molar-refractivity contribution in [2.24, 2.45) is 16.7 Å². The van der Waals surface area contributed by atoms with Gasteiger partial charge in [0.2, 0.25) is 10.4 Å². The van der Waals surface area contributed by atoms with Gasteiger partial charge in [0.1, 0.15) is 5.69 Å². The van der Waals surface area contributed by atoms with E-state index in [0.717, 1.165) is 35.6 Å². The van der Waals surface area contributed by atoms with E-state index < -0.39 is 10.4 Å². The lowest BCUT2D eigenvalue weighted by Crippen LogP contribution is -2.34. The quantitative estimate of drug-likeness (QED) is 0.244. The van der Waals surface area contributed by atoms with Crippen LogP contribution in [0.2, 0.25) is 0 Å². The third-order valence-corrected chi connectivity index (χ3v) is 7.91. The first-order chi connectivity index (χ1) is 16.0. The maximum absolute atomic E-state index is 12.6. The number of rotatable bonds is 3. The molecule has 2 aliphatic carbocycles. The number of allylic oxidation sites excluding steroid dienone is 1. The van der Waals surface area contributed by atoms with E-state index in [2.05, 4.69) is 95.5 Å². The minimum absolute atomic E-state index is 0.116. The van der Waals surface area contributed by atoms with Crippen LogP contribution in [0.25, 0.3) is 6.08 Å². The Morgan fingerprint density at radius 2 is 1.51 bits per heavy atom. The van der Waals surface area contributed by atoms with Crippen LogP contribution in [0, 0.1) is 23.7 Å². The standard InChI is InChI=1S/C17H20O.C10H16N.CH4O4S/c1-16(2)14-9-10-17(16,3)15(18)13(14)11-12-7-5-4-6-8-12;1-9-5-7-10(8-6-9)11(2,3)4;1-5-6(2,3)4/h4-8,11,14H,9-10H2,1-3H3;5-8H,1-4H3;1H3,(H,2,3,4)/q;+1;/p-1. The van der Waals surface area contributed by atoms with Crippen LogP contribution < -0.4 is 4.48 Å². The molecule has 0 aliphatic heterocycles. The van der Waals surface area contributed by atoms with E-state index in [4.69, 9.17) is 0 Å². The molecule has 0 amide bonds. The number of carbonyl (C=O) groups is 1. The Hall–Kier alpha value is -2.32. The highest BCUT2D eigenvalue weighted by Crippen LogP contribution is 2.65. The zero-order valence-electron chi connectivity index (χ0n) is 22.2. The Morgan fingerprint density at radius 3 is 1.91 bits per heavy atom. The third-order valence-electron chi connectivity index (χ3n) is 7.50. The van der Waals surface area contributed by atoms with Crippen LogP contribution in [0.15, 0.2) is 60.2 Å². The molecule has 2 fully saturated rings. The van der Waals surface area contributed by atoms with E-state index in [1.165, 1.54) is 11.3 Å². The Balaban J connectivity index is 0.000000217. The summed E-state index contributed by atoms with van der Waals surface area (Å²) in [6.45, 7) is 8.78. The molecule has 4 rings (SSSR count). The summed E-state index contributed by atoms with van der Waals surface area (Å²) in [4.78, 5) is 12.6. The van der Waals surface area contributed by atoms with Gasteiger partial charge in [0.25, 0.3) is 0 Å². The van der Waals surface area contributed by atoms with E-state index in [1.807, 2.05) is 18.2 Å². The summed E-state index contributed by atoms with van der Waals surface area (Å²) in [5.41, 5.74) is 4.84. The van der Waals surface area contributed by atoms with Gasteiger partial charge in [-0.3, -0.25) is 13.5 Å². The van der Waals surface area contributed by atoms with Crippen molar-refractivity contribution >= 4 is 27.9 Å². The monoisotopic (exact) mass is 501 g/mol. The fraction of sp³-hybridized carbons (Fsp3) is 0.464. The summed E-state index contributed by atoms with van der Waals surface area (Å²) >= 11 is 0. The number of Topliss-reactive ketones (excluding diaryl/α,β-unsaturated/α-hetero) is 1. The van der Waals surface area contributed by atoms with Crippen molar-refractivity contribution in [3.8, 4) is 0 Å². The van der Waals surface area contributed by atoms with Crippen molar-refractivity contribution in [2.45, 2.75) is 40.5 Å². The van der Waals surface area contributed by atoms with Crippen molar-refractivity contribution in [3.05, 3.63) is 71.3 Å². The number of fused-ring (bicyclic) bond motifs is 2. The maximum Gasteiger partial charge on any atom is 0.217 e. The fourth-order valence-electron chi connectivity index (χ4n) is 4.81. The van der Waals surface area contributed by atoms with E-state index in [1.54, 1.807) is 0 Å². The van der Waals surface area contributed by atoms with Crippen LogP contribution in [-0.4, -0.2) is 47.0 Å². The van der Waals surface area contributed by atoms with E-state index in [-0.39, 0.29) is 10.8 Å². The highest BCUT2D eigenvalue weighted by molar-refractivity contribution is 7.80. The third kappa shape index (κ3) is 6.88. The van der Waals surface area contributed by atoms with Crippen LogP contribution in [0.5, 0.6) is 0 Å². The maximum atomic E-state index is 12.6. The predicted octanol–water partition coefficient (Wildman–Crippen LogP) is 5.38. The fourth-order valence-corrected chi connectivity index (χ4v) is 4.81. The van der Waals surface area contributed by atoms with Crippen molar-refractivity contribution in [1.29, 1.82) is 0 Å². The average Bonchev–Trinajstić information content (AvgIpc) is 3.08. The molecule has 2 bridgehead atoms. The van der Waals surface area contributed by atoms with Crippen LogP contribution >= 0.6 is 0 Å². The zero-order chi connectivity index (χ0) is 26.7. The van der Waals surface area contributed by atoms with Gasteiger partial charge in [-0.05, 0) is 60.4 Å². The molecule has 2 aliphatic rings. The summed E-state index contributed by atoms with van der Waals surface area (Å²) in [5.74, 6) is 0.822. The smallest absolute Gasteiger partial charge is 0.217 e. The normalized spacial score (nSPS) is 23.9. The summed E-state index contributed by atoms with van der Waals surface area (Å²) in [6, 6.07) is 18.9. The van der Waals surface area contributed by atoms with Crippen molar-refractivity contribution < 1.29 is 21.9 Å². The predicted molar refractivity (Wildman–Crippen MR) is 141 cm³/mol.